The number of rotatable bonds is 4. The number of para-hydroxylation sites is 1. The van der Waals surface area contributed by atoms with Gasteiger partial charge in [-0.25, -0.2) is 4.98 Å². The third-order valence-corrected chi connectivity index (χ3v) is 3.34. The lowest BCUT2D eigenvalue weighted by Crippen LogP contribution is -2.13. The lowest BCUT2D eigenvalue weighted by atomic mass is 10.2. The van der Waals surface area contributed by atoms with Gasteiger partial charge in [-0.15, -0.1) is 0 Å². The van der Waals surface area contributed by atoms with Gasteiger partial charge in [0.1, 0.15) is 11.6 Å². The fourth-order valence-corrected chi connectivity index (χ4v) is 2.17. The topological polar surface area (TPSA) is 50.3 Å². The predicted molar refractivity (Wildman–Crippen MR) is 90.1 cm³/mol. The maximum atomic E-state index is 5.18. The van der Waals surface area contributed by atoms with Crippen LogP contribution >= 0.6 is 0 Å². The zero-order chi connectivity index (χ0) is 15.5. The van der Waals surface area contributed by atoms with Crippen LogP contribution in [0.2, 0.25) is 0 Å². The molecule has 1 aromatic heterocycles. The number of anilines is 3. The van der Waals surface area contributed by atoms with Crippen molar-refractivity contribution in [3.05, 3.63) is 48.5 Å². The Morgan fingerprint density at radius 2 is 1.68 bits per heavy atom. The zero-order valence-electron chi connectivity index (χ0n) is 12.9. The minimum Gasteiger partial charge on any atom is -0.497 e. The van der Waals surface area contributed by atoms with E-state index in [1.54, 1.807) is 7.11 Å². The summed E-state index contributed by atoms with van der Waals surface area (Å²) in [6.45, 7) is 0. The Labute approximate surface area is 129 Å². The predicted octanol–water partition coefficient (Wildman–Crippen LogP) is 3.45. The van der Waals surface area contributed by atoms with E-state index in [1.165, 1.54) is 0 Å². The molecule has 1 N–H and O–H groups in total. The first-order valence-corrected chi connectivity index (χ1v) is 7.02. The first-order chi connectivity index (χ1) is 10.7. The van der Waals surface area contributed by atoms with Crippen LogP contribution in [0, 0.1) is 0 Å². The maximum absolute atomic E-state index is 5.18. The summed E-state index contributed by atoms with van der Waals surface area (Å²) in [5.74, 6) is 2.29. The van der Waals surface area contributed by atoms with Gasteiger partial charge in [0, 0.05) is 25.2 Å². The molecule has 0 unspecified atom stereocenters. The Kier molecular flexibility index (Phi) is 3.78. The van der Waals surface area contributed by atoms with Crippen molar-refractivity contribution < 1.29 is 4.74 Å². The number of hydrogen-bond donors (Lipinski definition) is 1. The summed E-state index contributed by atoms with van der Waals surface area (Å²) >= 11 is 0. The van der Waals surface area contributed by atoms with E-state index >= 15 is 0 Å². The van der Waals surface area contributed by atoms with E-state index < -0.39 is 0 Å². The summed E-state index contributed by atoms with van der Waals surface area (Å²) in [4.78, 5) is 11.1. The van der Waals surface area contributed by atoms with Crippen molar-refractivity contribution in [3.63, 3.8) is 0 Å². The number of hydrogen-bond acceptors (Lipinski definition) is 5. The quantitative estimate of drug-likeness (QED) is 0.798. The average molecular weight is 294 g/mol. The minimum atomic E-state index is 0.676. The van der Waals surface area contributed by atoms with Crippen LogP contribution in [0.15, 0.2) is 48.5 Å². The van der Waals surface area contributed by atoms with Crippen molar-refractivity contribution in [1.29, 1.82) is 0 Å². The average Bonchev–Trinajstić information content (AvgIpc) is 2.55. The molecule has 0 amide bonds. The largest absolute Gasteiger partial charge is 0.497 e. The van der Waals surface area contributed by atoms with Crippen LogP contribution in [-0.2, 0) is 0 Å². The maximum Gasteiger partial charge on any atom is 0.227 e. The van der Waals surface area contributed by atoms with E-state index in [1.807, 2.05) is 67.5 Å². The van der Waals surface area contributed by atoms with Gasteiger partial charge in [-0.1, -0.05) is 12.1 Å². The molecule has 1 heterocycles. The number of nitrogens with zero attached hydrogens (tertiary/aromatic N) is 3. The Balaban J connectivity index is 2.04. The molecule has 22 heavy (non-hydrogen) atoms. The van der Waals surface area contributed by atoms with Crippen molar-refractivity contribution in [2.75, 3.05) is 31.4 Å². The third-order valence-electron chi connectivity index (χ3n) is 3.34. The highest BCUT2D eigenvalue weighted by atomic mass is 16.5. The molecule has 0 aliphatic rings. The van der Waals surface area contributed by atoms with Crippen molar-refractivity contribution in [3.8, 4) is 5.75 Å². The second-order valence-corrected chi connectivity index (χ2v) is 5.14. The summed E-state index contributed by atoms with van der Waals surface area (Å²) in [5.41, 5.74) is 1.87. The SMILES string of the molecule is COc1ccc(Nc2nc(N(C)C)nc3ccccc23)cc1. The van der Waals surface area contributed by atoms with Gasteiger partial charge in [-0.3, -0.25) is 0 Å². The molecule has 0 radical (unpaired) electrons. The van der Waals surface area contributed by atoms with Gasteiger partial charge in [0.05, 0.1) is 12.6 Å². The van der Waals surface area contributed by atoms with Crippen molar-refractivity contribution >= 4 is 28.4 Å². The number of nitrogens with one attached hydrogen (secondary N) is 1. The van der Waals surface area contributed by atoms with E-state index in [9.17, 15) is 0 Å². The van der Waals surface area contributed by atoms with Gasteiger partial charge in [0.25, 0.3) is 0 Å². The van der Waals surface area contributed by atoms with Crippen LogP contribution in [0.5, 0.6) is 5.75 Å². The molecule has 5 heteroatoms. The highest BCUT2D eigenvalue weighted by Crippen LogP contribution is 2.26. The lowest BCUT2D eigenvalue weighted by molar-refractivity contribution is 0.415. The van der Waals surface area contributed by atoms with Crippen LogP contribution in [0.3, 0.4) is 0 Å². The van der Waals surface area contributed by atoms with Crippen LogP contribution in [-0.4, -0.2) is 31.2 Å². The fraction of sp³-hybridized carbons (Fsp3) is 0.176. The molecule has 0 fully saturated rings. The molecule has 0 bridgehead atoms. The molecule has 0 aliphatic heterocycles. The van der Waals surface area contributed by atoms with Crippen molar-refractivity contribution in [1.82, 2.24) is 9.97 Å². The monoisotopic (exact) mass is 294 g/mol. The van der Waals surface area contributed by atoms with E-state index in [4.69, 9.17) is 4.74 Å². The summed E-state index contributed by atoms with van der Waals surface area (Å²) < 4.78 is 5.18. The van der Waals surface area contributed by atoms with Gasteiger partial charge in [0.15, 0.2) is 0 Å². The molecule has 5 nitrogen and oxygen atoms in total. The van der Waals surface area contributed by atoms with Gasteiger partial charge in [-0.2, -0.15) is 4.98 Å². The first kappa shape index (κ1) is 14.1. The smallest absolute Gasteiger partial charge is 0.227 e. The van der Waals surface area contributed by atoms with E-state index in [0.717, 1.165) is 28.2 Å². The zero-order valence-corrected chi connectivity index (χ0v) is 12.9. The number of methoxy groups -OCH3 is 1. The number of fused-ring (bicyclic) bond motifs is 1. The molecule has 2 aromatic carbocycles. The lowest BCUT2D eigenvalue weighted by Gasteiger charge is -2.15. The minimum absolute atomic E-state index is 0.676. The van der Waals surface area contributed by atoms with E-state index in [2.05, 4.69) is 15.3 Å². The van der Waals surface area contributed by atoms with Crippen LogP contribution in [0.4, 0.5) is 17.5 Å². The summed E-state index contributed by atoms with van der Waals surface area (Å²) in [5, 5.41) is 4.35. The summed E-state index contributed by atoms with van der Waals surface area (Å²) in [7, 11) is 5.52. The van der Waals surface area contributed by atoms with Crippen molar-refractivity contribution in [2.24, 2.45) is 0 Å². The van der Waals surface area contributed by atoms with Gasteiger partial charge < -0.3 is 15.0 Å². The number of aromatic nitrogens is 2. The second-order valence-electron chi connectivity index (χ2n) is 5.14. The Morgan fingerprint density at radius 1 is 0.955 bits per heavy atom. The Morgan fingerprint density at radius 3 is 2.36 bits per heavy atom. The highest BCUT2D eigenvalue weighted by Gasteiger charge is 2.09. The molecule has 0 saturated carbocycles. The van der Waals surface area contributed by atoms with Gasteiger partial charge >= 0.3 is 0 Å². The summed E-state index contributed by atoms with van der Waals surface area (Å²) in [6, 6.07) is 15.7. The van der Waals surface area contributed by atoms with Crippen LogP contribution in [0.25, 0.3) is 10.9 Å². The second kappa shape index (κ2) is 5.89. The highest BCUT2D eigenvalue weighted by molar-refractivity contribution is 5.91. The molecule has 0 saturated heterocycles. The normalized spacial score (nSPS) is 10.5. The van der Waals surface area contributed by atoms with E-state index in [-0.39, 0.29) is 0 Å². The van der Waals surface area contributed by atoms with Crippen LogP contribution in [0.1, 0.15) is 0 Å². The van der Waals surface area contributed by atoms with Crippen LogP contribution < -0.4 is 15.0 Å². The van der Waals surface area contributed by atoms with E-state index in [0.29, 0.717) is 5.95 Å². The molecular formula is C17H18N4O. The molecule has 112 valence electrons. The standard InChI is InChI=1S/C17H18N4O/c1-21(2)17-19-15-7-5-4-6-14(15)16(20-17)18-12-8-10-13(22-3)11-9-12/h4-11H,1-3H3,(H,18,19,20). The number of ether oxygens (including phenoxy) is 1. The molecule has 0 atom stereocenters. The Hall–Kier alpha value is -2.82. The van der Waals surface area contributed by atoms with Gasteiger partial charge in [0.2, 0.25) is 5.95 Å². The molecule has 3 aromatic rings. The van der Waals surface area contributed by atoms with Gasteiger partial charge in [-0.05, 0) is 36.4 Å². The van der Waals surface area contributed by atoms with Crippen molar-refractivity contribution in [2.45, 2.75) is 0 Å². The molecule has 0 spiro atoms. The molecule has 0 aliphatic carbocycles. The molecule has 3 rings (SSSR count). The fourth-order valence-electron chi connectivity index (χ4n) is 2.17. The summed E-state index contributed by atoms with van der Waals surface area (Å²) in [6.07, 6.45) is 0. The first-order valence-electron chi connectivity index (χ1n) is 7.02. The Bertz CT molecular complexity index is 784. The third kappa shape index (κ3) is 2.79. The molecular weight excluding hydrogens is 276 g/mol. The number of benzene rings is 2.